The van der Waals surface area contributed by atoms with Crippen LogP contribution in [-0.2, 0) is 4.79 Å². The van der Waals surface area contributed by atoms with Crippen LogP contribution in [0.3, 0.4) is 0 Å². The number of benzene rings is 1. The molecule has 76 valence electrons. The van der Waals surface area contributed by atoms with Gasteiger partial charge < -0.3 is 5.32 Å². The Morgan fingerprint density at radius 2 is 1.93 bits per heavy atom. The van der Waals surface area contributed by atoms with Crippen molar-refractivity contribution in [3.63, 3.8) is 0 Å². The maximum atomic E-state index is 11.2. The summed E-state index contributed by atoms with van der Waals surface area (Å²) in [7, 11) is 0. The Morgan fingerprint density at radius 3 is 2.36 bits per heavy atom. The molecule has 0 bridgehead atoms. The van der Waals surface area contributed by atoms with Gasteiger partial charge in [-0.1, -0.05) is 27.5 Å². The van der Waals surface area contributed by atoms with Crippen LogP contribution in [0.4, 0.5) is 5.69 Å². The summed E-state index contributed by atoms with van der Waals surface area (Å²) in [6.45, 7) is 3.84. The van der Waals surface area contributed by atoms with E-state index in [2.05, 4.69) is 21.2 Å². The van der Waals surface area contributed by atoms with Crippen LogP contribution < -0.4 is 5.32 Å². The lowest BCUT2D eigenvalue weighted by Crippen LogP contribution is -2.14. The molecular formula is C10H11BrClNO. The van der Waals surface area contributed by atoms with Gasteiger partial charge in [0, 0.05) is 10.7 Å². The summed E-state index contributed by atoms with van der Waals surface area (Å²) in [6, 6.07) is 3.66. The molecule has 0 aliphatic carbocycles. The number of hydrogen-bond donors (Lipinski definition) is 1. The zero-order chi connectivity index (χ0) is 10.7. The number of carbonyl (C=O) groups is 1. The summed E-state index contributed by atoms with van der Waals surface area (Å²) in [6.07, 6.45) is 0. The summed E-state index contributed by atoms with van der Waals surface area (Å²) in [5, 5.41) is 3.80. The zero-order valence-corrected chi connectivity index (χ0v) is 10.4. The van der Waals surface area contributed by atoms with Crippen molar-refractivity contribution in [1.82, 2.24) is 0 Å². The average molecular weight is 277 g/mol. The van der Waals surface area contributed by atoms with Crippen LogP contribution in [0.2, 0.25) is 5.02 Å². The van der Waals surface area contributed by atoms with Gasteiger partial charge in [-0.3, -0.25) is 4.79 Å². The SMILES string of the molecule is Cc1cc(Cl)cc(C)c1NC(=O)CBr. The van der Waals surface area contributed by atoms with Gasteiger partial charge in [0.05, 0.1) is 5.33 Å². The van der Waals surface area contributed by atoms with Gasteiger partial charge >= 0.3 is 0 Å². The van der Waals surface area contributed by atoms with E-state index >= 15 is 0 Å². The van der Waals surface area contributed by atoms with E-state index in [4.69, 9.17) is 11.6 Å². The van der Waals surface area contributed by atoms with Crippen molar-refractivity contribution in [3.05, 3.63) is 28.3 Å². The van der Waals surface area contributed by atoms with E-state index in [-0.39, 0.29) is 5.91 Å². The Bertz CT molecular complexity index is 342. The highest BCUT2D eigenvalue weighted by Crippen LogP contribution is 2.24. The van der Waals surface area contributed by atoms with E-state index in [1.165, 1.54) is 0 Å². The number of halogens is 2. The lowest BCUT2D eigenvalue weighted by molar-refractivity contribution is -0.113. The molecule has 0 aliphatic heterocycles. The number of anilines is 1. The zero-order valence-electron chi connectivity index (χ0n) is 8.03. The van der Waals surface area contributed by atoms with Gasteiger partial charge in [-0.25, -0.2) is 0 Å². The molecule has 1 aromatic carbocycles. The van der Waals surface area contributed by atoms with Crippen LogP contribution in [-0.4, -0.2) is 11.2 Å². The number of aryl methyl sites for hydroxylation is 2. The monoisotopic (exact) mass is 275 g/mol. The van der Waals surface area contributed by atoms with Crippen LogP contribution in [0.15, 0.2) is 12.1 Å². The van der Waals surface area contributed by atoms with E-state index < -0.39 is 0 Å². The second kappa shape index (κ2) is 4.80. The fourth-order valence-electron chi connectivity index (χ4n) is 1.28. The van der Waals surface area contributed by atoms with Crippen LogP contribution in [0.25, 0.3) is 0 Å². The molecule has 0 spiro atoms. The van der Waals surface area contributed by atoms with Gasteiger partial charge in [0.2, 0.25) is 5.91 Å². The van der Waals surface area contributed by atoms with Crippen molar-refractivity contribution < 1.29 is 4.79 Å². The molecule has 0 radical (unpaired) electrons. The molecular weight excluding hydrogens is 265 g/mol. The quantitative estimate of drug-likeness (QED) is 0.825. The van der Waals surface area contributed by atoms with E-state index in [0.29, 0.717) is 10.4 Å². The maximum Gasteiger partial charge on any atom is 0.235 e. The minimum atomic E-state index is -0.0569. The molecule has 0 atom stereocenters. The first-order valence-corrected chi connectivity index (χ1v) is 5.67. The Labute approximate surface area is 96.8 Å². The molecule has 4 heteroatoms. The summed E-state index contributed by atoms with van der Waals surface area (Å²) in [5.41, 5.74) is 2.80. The normalized spacial score (nSPS) is 10.0. The van der Waals surface area contributed by atoms with E-state index in [0.717, 1.165) is 16.8 Å². The molecule has 1 amide bonds. The molecule has 0 saturated carbocycles. The van der Waals surface area contributed by atoms with Crippen molar-refractivity contribution in [3.8, 4) is 0 Å². The molecule has 0 saturated heterocycles. The smallest absolute Gasteiger partial charge is 0.235 e. The fraction of sp³-hybridized carbons (Fsp3) is 0.300. The average Bonchev–Trinajstić information content (AvgIpc) is 2.10. The summed E-state index contributed by atoms with van der Waals surface area (Å²) < 4.78 is 0. The lowest BCUT2D eigenvalue weighted by atomic mass is 10.1. The first-order chi connectivity index (χ1) is 6.54. The van der Waals surface area contributed by atoms with Gasteiger partial charge in [-0.15, -0.1) is 0 Å². The van der Waals surface area contributed by atoms with Crippen molar-refractivity contribution in [2.24, 2.45) is 0 Å². The molecule has 1 rings (SSSR count). The third-order valence-electron chi connectivity index (χ3n) is 1.88. The van der Waals surface area contributed by atoms with Crippen molar-refractivity contribution >= 4 is 39.1 Å². The second-order valence-electron chi connectivity index (χ2n) is 3.10. The number of nitrogens with one attached hydrogen (secondary N) is 1. The lowest BCUT2D eigenvalue weighted by Gasteiger charge is -2.10. The first kappa shape index (κ1) is 11.5. The topological polar surface area (TPSA) is 29.1 Å². The molecule has 2 nitrogen and oxygen atoms in total. The number of alkyl halides is 1. The van der Waals surface area contributed by atoms with E-state index in [9.17, 15) is 4.79 Å². The third kappa shape index (κ3) is 2.72. The molecule has 14 heavy (non-hydrogen) atoms. The van der Waals surface area contributed by atoms with Gasteiger partial charge in [0.15, 0.2) is 0 Å². The van der Waals surface area contributed by atoms with Gasteiger partial charge in [-0.05, 0) is 37.1 Å². The minimum absolute atomic E-state index is 0.0569. The fourth-order valence-corrected chi connectivity index (χ4v) is 1.75. The number of carbonyl (C=O) groups excluding carboxylic acids is 1. The van der Waals surface area contributed by atoms with Crippen LogP contribution in [0, 0.1) is 13.8 Å². The second-order valence-corrected chi connectivity index (χ2v) is 4.09. The van der Waals surface area contributed by atoms with E-state index in [1.807, 2.05) is 26.0 Å². The molecule has 0 aliphatic rings. The summed E-state index contributed by atoms with van der Waals surface area (Å²) in [4.78, 5) is 11.2. The molecule has 0 unspecified atom stereocenters. The number of rotatable bonds is 2. The first-order valence-electron chi connectivity index (χ1n) is 4.17. The minimum Gasteiger partial charge on any atom is -0.325 e. The summed E-state index contributed by atoms with van der Waals surface area (Å²) in [5.74, 6) is -0.0569. The standard InChI is InChI=1S/C10H11BrClNO/c1-6-3-8(12)4-7(2)10(6)13-9(14)5-11/h3-4H,5H2,1-2H3,(H,13,14). The van der Waals surface area contributed by atoms with Gasteiger partial charge in [0.1, 0.15) is 0 Å². The van der Waals surface area contributed by atoms with Gasteiger partial charge in [-0.2, -0.15) is 0 Å². The molecule has 0 fully saturated rings. The Kier molecular flexibility index (Phi) is 3.96. The predicted molar refractivity (Wildman–Crippen MR) is 63.3 cm³/mol. The van der Waals surface area contributed by atoms with Crippen molar-refractivity contribution in [2.75, 3.05) is 10.6 Å². The third-order valence-corrected chi connectivity index (χ3v) is 2.61. The van der Waals surface area contributed by atoms with Crippen LogP contribution in [0.5, 0.6) is 0 Å². The number of amides is 1. The summed E-state index contributed by atoms with van der Waals surface area (Å²) >= 11 is 8.97. The largest absolute Gasteiger partial charge is 0.325 e. The Morgan fingerprint density at radius 1 is 1.43 bits per heavy atom. The Hall–Kier alpha value is -0.540. The highest BCUT2D eigenvalue weighted by molar-refractivity contribution is 9.09. The molecule has 1 aromatic rings. The van der Waals surface area contributed by atoms with Crippen LogP contribution >= 0.6 is 27.5 Å². The maximum absolute atomic E-state index is 11.2. The Balaban J connectivity index is 3.02. The molecule has 1 N–H and O–H groups in total. The molecule has 0 heterocycles. The highest BCUT2D eigenvalue weighted by Gasteiger charge is 2.07. The predicted octanol–water partition coefficient (Wildman–Crippen LogP) is 3.29. The van der Waals surface area contributed by atoms with Crippen LogP contribution in [0.1, 0.15) is 11.1 Å². The highest BCUT2D eigenvalue weighted by atomic mass is 79.9. The van der Waals surface area contributed by atoms with Crippen molar-refractivity contribution in [2.45, 2.75) is 13.8 Å². The molecule has 0 aromatic heterocycles. The van der Waals surface area contributed by atoms with Crippen molar-refractivity contribution in [1.29, 1.82) is 0 Å². The van der Waals surface area contributed by atoms with E-state index in [1.54, 1.807) is 0 Å². The number of hydrogen-bond acceptors (Lipinski definition) is 1. The van der Waals surface area contributed by atoms with Gasteiger partial charge in [0.25, 0.3) is 0 Å².